The van der Waals surface area contributed by atoms with Crippen LogP contribution in [0.15, 0.2) is 18.2 Å². The average molecular weight is 307 g/mol. The first-order valence-corrected chi connectivity index (χ1v) is 7.84. The molecular weight excluding hydrogens is 286 g/mol. The third-order valence-electron chi connectivity index (χ3n) is 3.41. The van der Waals surface area contributed by atoms with E-state index in [9.17, 15) is 4.79 Å². The molecule has 2 rings (SSSR count). The molecule has 5 nitrogen and oxygen atoms in total. The van der Waals surface area contributed by atoms with Crippen molar-refractivity contribution in [1.82, 2.24) is 9.88 Å². The monoisotopic (exact) mass is 307 g/mol. The minimum Gasteiger partial charge on any atom is -0.494 e. The molecule has 114 valence electrons. The fraction of sp³-hybridized carbons (Fsp3) is 0.467. The van der Waals surface area contributed by atoms with Crippen LogP contribution in [0.25, 0.3) is 10.2 Å². The maximum atomic E-state index is 12.2. The van der Waals surface area contributed by atoms with Gasteiger partial charge in [-0.2, -0.15) is 0 Å². The number of nitrogens with zero attached hydrogens (tertiary/aromatic N) is 3. The third kappa shape index (κ3) is 3.26. The number of carbonyl (C=O) groups excluding carboxylic acids is 1. The molecule has 0 radical (unpaired) electrons. The molecule has 1 aromatic carbocycles. The topological polar surface area (TPSA) is 45.7 Å². The van der Waals surface area contributed by atoms with E-state index in [0.29, 0.717) is 6.54 Å². The van der Waals surface area contributed by atoms with Crippen LogP contribution in [0.5, 0.6) is 5.75 Å². The fourth-order valence-electron chi connectivity index (χ4n) is 2.19. The summed E-state index contributed by atoms with van der Waals surface area (Å²) in [6.45, 7) is 5.78. The maximum Gasteiger partial charge on any atom is 0.242 e. The molecule has 1 amide bonds. The second-order valence-corrected chi connectivity index (χ2v) is 5.73. The highest BCUT2D eigenvalue weighted by molar-refractivity contribution is 7.22. The molecule has 0 aliphatic carbocycles. The Bertz CT molecular complexity index is 622. The van der Waals surface area contributed by atoms with Gasteiger partial charge in [0.05, 0.1) is 18.4 Å². The van der Waals surface area contributed by atoms with Crippen LogP contribution in [-0.2, 0) is 4.79 Å². The minimum atomic E-state index is 0.119. The summed E-state index contributed by atoms with van der Waals surface area (Å²) >= 11 is 1.57. The predicted molar refractivity (Wildman–Crippen MR) is 87.4 cm³/mol. The van der Waals surface area contributed by atoms with Gasteiger partial charge < -0.3 is 14.5 Å². The van der Waals surface area contributed by atoms with Crippen LogP contribution >= 0.6 is 11.3 Å². The molecule has 6 heteroatoms. The number of anilines is 1. The summed E-state index contributed by atoms with van der Waals surface area (Å²) in [5.74, 6) is 0.882. The molecule has 0 fully saturated rings. The first kappa shape index (κ1) is 15.6. The maximum absolute atomic E-state index is 12.2. The van der Waals surface area contributed by atoms with Gasteiger partial charge in [-0.3, -0.25) is 4.79 Å². The first-order valence-electron chi connectivity index (χ1n) is 7.03. The van der Waals surface area contributed by atoms with Gasteiger partial charge in [0.25, 0.3) is 0 Å². The van der Waals surface area contributed by atoms with Gasteiger partial charge in [0.1, 0.15) is 11.3 Å². The number of aromatic nitrogens is 1. The molecule has 1 aromatic heterocycles. The number of ether oxygens (including phenoxy) is 1. The van der Waals surface area contributed by atoms with Gasteiger partial charge >= 0.3 is 0 Å². The summed E-state index contributed by atoms with van der Waals surface area (Å²) in [6.07, 6.45) is 0. The van der Waals surface area contributed by atoms with E-state index in [0.717, 1.165) is 34.2 Å². The van der Waals surface area contributed by atoms with Gasteiger partial charge in [-0.05, 0) is 26.0 Å². The highest BCUT2D eigenvalue weighted by Gasteiger charge is 2.16. The molecule has 0 saturated carbocycles. The van der Waals surface area contributed by atoms with Crippen molar-refractivity contribution < 1.29 is 9.53 Å². The van der Waals surface area contributed by atoms with Crippen molar-refractivity contribution in [3.63, 3.8) is 0 Å². The number of hydrogen-bond donors (Lipinski definition) is 0. The summed E-state index contributed by atoms with van der Waals surface area (Å²) in [5.41, 5.74) is 0.849. The molecule has 0 aliphatic rings. The molecule has 0 spiro atoms. The summed E-state index contributed by atoms with van der Waals surface area (Å²) < 4.78 is 6.39. The molecule has 0 N–H and O–H groups in total. The molecule has 0 saturated heterocycles. The average Bonchev–Trinajstić information content (AvgIpc) is 2.92. The van der Waals surface area contributed by atoms with E-state index >= 15 is 0 Å². The summed E-state index contributed by atoms with van der Waals surface area (Å²) in [4.78, 5) is 20.5. The number of hydrogen-bond acceptors (Lipinski definition) is 5. The van der Waals surface area contributed by atoms with Crippen molar-refractivity contribution in [2.24, 2.45) is 0 Å². The molecular formula is C15H21N3O2S. The number of methoxy groups -OCH3 is 1. The van der Waals surface area contributed by atoms with Crippen LogP contribution in [0.3, 0.4) is 0 Å². The number of rotatable bonds is 6. The van der Waals surface area contributed by atoms with Gasteiger partial charge in [-0.15, -0.1) is 0 Å². The van der Waals surface area contributed by atoms with Crippen molar-refractivity contribution in [3.8, 4) is 5.75 Å². The fourth-order valence-corrected chi connectivity index (χ4v) is 3.13. The Labute approximate surface area is 129 Å². The van der Waals surface area contributed by atoms with E-state index in [4.69, 9.17) is 4.74 Å². The highest BCUT2D eigenvalue weighted by atomic mass is 32.1. The van der Waals surface area contributed by atoms with E-state index < -0.39 is 0 Å². The van der Waals surface area contributed by atoms with E-state index in [-0.39, 0.29) is 5.91 Å². The molecule has 0 aliphatic heterocycles. The Hall–Kier alpha value is -1.82. The Morgan fingerprint density at radius 1 is 1.33 bits per heavy atom. The molecule has 1 heterocycles. The smallest absolute Gasteiger partial charge is 0.242 e. The van der Waals surface area contributed by atoms with Crippen molar-refractivity contribution in [3.05, 3.63) is 18.2 Å². The zero-order valence-electron chi connectivity index (χ0n) is 12.9. The molecule has 0 unspecified atom stereocenters. The second kappa shape index (κ2) is 6.76. The normalized spacial score (nSPS) is 10.7. The number of amides is 1. The molecule has 2 aromatic rings. The van der Waals surface area contributed by atoms with Gasteiger partial charge in [0, 0.05) is 20.1 Å². The van der Waals surface area contributed by atoms with Crippen LogP contribution in [-0.4, -0.2) is 49.6 Å². The van der Waals surface area contributed by atoms with Crippen molar-refractivity contribution in [2.75, 3.05) is 38.7 Å². The van der Waals surface area contributed by atoms with E-state index in [1.807, 2.05) is 48.9 Å². The third-order valence-corrected chi connectivity index (χ3v) is 4.54. The lowest BCUT2D eigenvalue weighted by molar-refractivity contribution is -0.129. The molecule has 0 bridgehead atoms. The standard InChI is InChI=1S/C15H21N3O2S/c1-5-18(6-2)13(19)10-17(3)15-16-14-11(20-4)8-7-9-12(14)21-15/h7-9H,5-6,10H2,1-4H3. The SMILES string of the molecule is CCN(CC)C(=O)CN(C)c1nc2c(OC)cccc2s1. The number of para-hydroxylation sites is 1. The largest absolute Gasteiger partial charge is 0.494 e. The van der Waals surface area contributed by atoms with Crippen molar-refractivity contribution in [2.45, 2.75) is 13.8 Å². The van der Waals surface area contributed by atoms with E-state index in [1.54, 1.807) is 18.4 Å². The number of likely N-dealkylation sites (N-methyl/N-ethyl adjacent to an activating group) is 2. The van der Waals surface area contributed by atoms with Crippen LogP contribution < -0.4 is 9.64 Å². The van der Waals surface area contributed by atoms with Crippen LogP contribution in [0.2, 0.25) is 0 Å². The minimum absolute atomic E-state index is 0.119. The van der Waals surface area contributed by atoms with Gasteiger partial charge in [-0.25, -0.2) is 4.98 Å². The van der Waals surface area contributed by atoms with Crippen LogP contribution in [0.4, 0.5) is 5.13 Å². The summed E-state index contributed by atoms with van der Waals surface area (Å²) in [7, 11) is 3.53. The molecule has 0 atom stereocenters. The Morgan fingerprint density at radius 2 is 2.05 bits per heavy atom. The zero-order chi connectivity index (χ0) is 15.4. The number of benzene rings is 1. The van der Waals surface area contributed by atoms with Crippen molar-refractivity contribution in [1.29, 1.82) is 0 Å². The Morgan fingerprint density at radius 3 is 2.67 bits per heavy atom. The van der Waals surface area contributed by atoms with Crippen LogP contribution in [0, 0.1) is 0 Å². The Balaban J connectivity index is 2.20. The lowest BCUT2D eigenvalue weighted by atomic mass is 10.3. The second-order valence-electron chi connectivity index (χ2n) is 4.73. The number of fused-ring (bicyclic) bond motifs is 1. The predicted octanol–water partition coefficient (Wildman–Crippen LogP) is 2.61. The van der Waals surface area contributed by atoms with Crippen molar-refractivity contribution >= 4 is 32.6 Å². The quantitative estimate of drug-likeness (QED) is 0.823. The van der Waals surface area contributed by atoms with Gasteiger partial charge in [0.15, 0.2) is 5.13 Å². The summed E-state index contributed by atoms with van der Waals surface area (Å²) in [6, 6.07) is 5.86. The van der Waals surface area contributed by atoms with Crippen LogP contribution in [0.1, 0.15) is 13.8 Å². The number of thiazole rings is 1. The van der Waals surface area contributed by atoms with E-state index in [1.165, 1.54) is 0 Å². The van der Waals surface area contributed by atoms with E-state index in [2.05, 4.69) is 4.98 Å². The Kier molecular flexibility index (Phi) is 5.01. The highest BCUT2D eigenvalue weighted by Crippen LogP contribution is 2.33. The van der Waals surface area contributed by atoms with Gasteiger partial charge in [0.2, 0.25) is 5.91 Å². The first-order chi connectivity index (χ1) is 10.1. The van der Waals surface area contributed by atoms with Gasteiger partial charge in [-0.1, -0.05) is 17.4 Å². The summed E-state index contributed by atoms with van der Waals surface area (Å²) in [5, 5.41) is 0.829. The molecule has 21 heavy (non-hydrogen) atoms. The zero-order valence-corrected chi connectivity index (χ0v) is 13.7. The lowest BCUT2D eigenvalue weighted by Crippen LogP contribution is -2.38. The lowest BCUT2D eigenvalue weighted by Gasteiger charge is -2.22. The number of carbonyl (C=O) groups is 1.